The van der Waals surface area contributed by atoms with Crippen LogP contribution in [0.5, 0.6) is 0 Å². The van der Waals surface area contributed by atoms with Crippen molar-refractivity contribution in [2.24, 2.45) is 5.92 Å². The first-order valence-corrected chi connectivity index (χ1v) is 5.53. The van der Waals surface area contributed by atoms with Crippen LogP contribution in [-0.4, -0.2) is 0 Å². The Morgan fingerprint density at radius 1 is 1.29 bits per heavy atom. The second-order valence-corrected chi connectivity index (χ2v) is 3.78. The molecule has 0 spiro atoms. The van der Waals surface area contributed by atoms with E-state index in [1.807, 2.05) is 0 Å². The number of rotatable bonds is 6. The van der Waals surface area contributed by atoms with Crippen molar-refractivity contribution in [3.63, 3.8) is 0 Å². The van der Waals surface area contributed by atoms with E-state index in [0.717, 1.165) is 0 Å². The second-order valence-electron chi connectivity index (χ2n) is 3.78. The van der Waals surface area contributed by atoms with Gasteiger partial charge in [-0.05, 0) is 37.2 Å². The van der Waals surface area contributed by atoms with Gasteiger partial charge >= 0.3 is 0 Å². The van der Waals surface area contributed by atoms with Crippen LogP contribution in [0.4, 0.5) is 0 Å². The lowest BCUT2D eigenvalue weighted by Crippen LogP contribution is -1.95. The van der Waals surface area contributed by atoms with Crippen molar-refractivity contribution < 1.29 is 0 Å². The van der Waals surface area contributed by atoms with Crippen LogP contribution < -0.4 is 0 Å². The van der Waals surface area contributed by atoms with Crippen molar-refractivity contribution in [1.29, 1.82) is 0 Å². The summed E-state index contributed by atoms with van der Waals surface area (Å²) in [6, 6.07) is 10.7. The maximum absolute atomic E-state index is 3.86. The number of hydrogen-bond donors (Lipinski definition) is 0. The van der Waals surface area contributed by atoms with Crippen LogP contribution in [0.2, 0.25) is 0 Å². The zero-order valence-corrected chi connectivity index (χ0v) is 9.08. The second kappa shape index (κ2) is 6.42. The molecule has 0 unspecified atom stereocenters. The molecule has 14 heavy (non-hydrogen) atoms. The zero-order valence-electron chi connectivity index (χ0n) is 9.08. The van der Waals surface area contributed by atoms with Gasteiger partial charge in [0.05, 0.1) is 0 Å². The first-order valence-electron chi connectivity index (χ1n) is 5.53. The van der Waals surface area contributed by atoms with Crippen LogP contribution in [0.3, 0.4) is 0 Å². The van der Waals surface area contributed by atoms with Crippen molar-refractivity contribution in [1.82, 2.24) is 0 Å². The summed E-state index contributed by atoms with van der Waals surface area (Å²) in [6.07, 6.45) is 7.05. The van der Waals surface area contributed by atoms with Crippen molar-refractivity contribution >= 4 is 0 Å². The van der Waals surface area contributed by atoms with Gasteiger partial charge in [-0.1, -0.05) is 43.3 Å². The van der Waals surface area contributed by atoms with Crippen LogP contribution in [0, 0.1) is 5.92 Å². The van der Waals surface area contributed by atoms with Crippen molar-refractivity contribution in [2.75, 3.05) is 0 Å². The fraction of sp³-hybridized carbons (Fsp3) is 0.429. The first kappa shape index (κ1) is 11.0. The monoisotopic (exact) mass is 188 g/mol. The summed E-state index contributed by atoms with van der Waals surface area (Å²) >= 11 is 0. The highest BCUT2D eigenvalue weighted by molar-refractivity contribution is 5.14. The fourth-order valence-electron chi connectivity index (χ4n) is 1.70. The minimum atomic E-state index is 0.707. The molecule has 0 bridgehead atoms. The Labute approximate surface area is 87.7 Å². The molecule has 0 aromatic heterocycles. The third-order valence-corrected chi connectivity index (χ3v) is 2.74. The molecule has 0 radical (unpaired) electrons. The maximum Gasteiger partial charge on any atom is -0.0239 e. The van der Waals surface area contributed by atoms with Gasteiger partial charge in [-0.2, -0.15) is 0 Å². The SMILES string of the molecule is C=C[C@H](CC)CCCc1ccccc1. The number of benzene rings is 1. The lowest BCUT2D eigenvalue weighted by Gasteiger charge is -2.08. The zero-order chi connectivity index (χ0) is 10.2. The molecule has 0 heterocycles. The molecule has 0 saturated heterocycles. The van der Waals surface area contributed by atoms with Gasteiger partial charge in [-0.15, -0.1) is 6.58 Å². The average molecular weight is 188 g/mol. The molecule has 0 amide bonds. The normalized spacial score (nSPS) is 12.4. The Morgan fingerprint density at radius 3 is 2.57 bits per heavy atom. The van der Waals surface area contributed by atoms with Gasteiger partial charge < -0.3 is 0 Å². The molecule has 1 atom stereocenters. The average Bonchev–Trinajstić information content (AvgIpc) is 2.26. The van der Waals surface area contributed by atoms with E-state index in [-0.39, 0.29) is 0 Å². The molecule has 0 aliphatic rings. The largest absolute Gasteiger partial charge is 0.103 e. The lowest BCUT2D eigenvalue weighted by molar-refractivity contribution is 0.546. The van der Waals surface area contributed by atoms with Crippen molar-refractivity contribution in [3.8, 4) is 0 Å². The van der Waals surface area contributed by atoms with E-state index in [2.05, 4.69) is 49.9 Å². The third kappa shape index (κ3) is 3.78. The van der Waals surface area contributed by atoms with Crippen molar-refractivity contribution in [3.05, 3.63) is 48.6 Å². The summed E-state index contributed by atoms with van der Waals surface area (Å²) in [5, 5.41) is 0. The molecule has 0 aliphatic heterocycles. The predicted octanol–water partition coefficient (Wildman–Crippen LogP) is 4.22. The quantitative estimate of drug-likeness (QED) is 0.586. The van der Waals surface area contributed by atoms with Gasteiger partial charge in [0.1, 0.15) is 0 Å². The van der Waals surface area contributed by atoms with Crippen molar-refractivity contribution in [2.45, 2.75) is 32.6 Å². The minimum Gasteiger partial charge on any atom is -0.103 e. The van der Waals surface area contributed by atoms with Gasteiger partial charge in [0.15, 0.2) is 0 Å². The molecule has 1 aromatic carbocycles. The molecular formula is C14H20. The van der Waals surface area contributed by atoms with Gasteiger partial charge in [-0.25, -0.2) is 0 Å². The smallest absolute Gasteiger partial charge is 0.0239 e. The number of allylic oxidation sites excluding steroid dienone is 1. The highest BCUT2D eigenvalue weighted by Crippen LogP contribution is 2.14. The molecule has 0 heteroatoms. The summed E-state index contributed by atoms with van der Waals surface area (Å²) in [4.78, 5) is 0. The molecule has 1 rings (SSSR count). The van der Waals surface area contributed by atoms with Crippen LogP contribution in [-0.2, 0) is 6.42 Å². The summed E-state index contributed by atoms with van der Waals surface area (Å²) in [7, 11) is 0. The summed E-state index contributed by atoms with van der Waals surface area (Å²) in [5.74, 6) is 0.707. The maximum atomic E-state index is 3.86. The van der Waals surface area contributed by atoms with Crippen LogP contribution in [0.15, 0.2) is 43.0 Å². The highest BCUT2D eigenvalue weighted by atomic mass is 14.1. The van der Waals surface area contributed by atoms with E-state index >= 15 is 0 Å². The van der Waals surface area contributed by atoms with E-state index in [1.54, 1.807) is 0 Å². The summed E-state index contributed by atoms with van der Waals surface area (Å²) in [6.45, 7) is 6.09. The molecule has 0 N–H and O–H groups in total. The molecule has 76 valence electrons. The van der Waals surface area contributed by atoms with E-state index in [4.69, 9.17) is 0 Å². The van der Waals surface area contributed by atoms with E-state index in [1.165, 1.54) is 31.2 Å². The molecule has 0 aliphatic carbocycles. The standard InChI is InChI=1S/C14H20/c1-3-13(4-2)11-8-12-14-9-6-5-7-10-14/h3,5-7,9-10,13H,1,4,8,11-12H2,2H3/t13-/m1/s1. The van der Waals surface area contributed by atoms with Gasteiger partial charge in [-0.3, -0.25) is 0 Å². The first-order chi connectivity index (χ1) is 6.86. The Kier molecular flexibility index (Phi) is 5.06. The summed E-state index contributed by atoms with van der Waals surface area (Å²) < 4.78 is 0. The Bertz CT molecular complexity index is 248. The lowest BCUT2D eigenvalue weighted by atomic mass is 9.97. The molecule has 0 nitrogen and oxygen atoms in total. The predicted molar refractivity (Wildman–Crippen MR) is 63.4 cm³/mol. The van der Waals surface area contributed by atoms with Crippen LogP contribution in [0.25, 0.3) is 0 Å². The van der Waals surface area contributed by atoms with Gasteiger partial charge in [0, 0.05) is 0 Å². The van der Waals surface area contributed by atoms with E-state index < -0.39 is 0 Å². The van der Waals surface area contributed by atoms with E-state index in [0.29, 0.717) is 5.92 Å². The van der Waals surface area contributed by atoms with Crippen LogP contribution >= 0.6 is 0 Å². The minimum absolute atomic E-state index is 0.707. The van der Waals surface area contributed by atoms with Gasteiger partial charge in [0.2, 0.25) is 0 Å². The Balaban J connectivity index is 2.25. The highest BCUT2D eigenvalue weighted by Gasteiger charge is 2.00. The van der Waals surface area contributed by atoms with Crippen LogP contribution in [0.1, 0.15) is 31.7 Å². The van der Waals surface area contributed by atoms with E-state index in [9.17, 15) is 0 Å². The third-order valence-electron chi connectivity index (χ3n) is 2.74. The molecular weight excluding hydrogens is 168 g/mol. The fourth-order valence-corrected chi connectivity index (χ4v) is 1.70. The Hall–Kier alpha value is -1.04. The Morgan fingerprint density at radius 2 is 2.00 bits per heavy atom. The number of aryl methyl sites for hydroxylation is 1. The van der Waals surface area contributed by atoms with Gasteiger partial charge in [0.25, 0.3) is 0 Å². The number of hydrogen-bond acceptors (Lipinski definition) is 0. The molecule has 0 saturated carbocycles. The summed E-state index contributed by atoms with van der Waals surface area (Å²) in [5.41, 5.74) is 1.45. The molecule has 0 fully saturated rings. The topological polar surface area (TPSA) is 0 Å². The molecule has 1 aromatic rings.